The Morgan fingerprint density at radius 2 is 1.57 bits per heavy atom. The number of rotatable bonds is 5. The number of aromatic nitrogens is 5. The van der Waals surface area contributed by atoms with Gasteiger partial charge in [-0.25, -0.2) is 15.0 Å². The van der Waals surface area contributed by atoms with E-state index in [2.05, 4.69) is 12.1 Å². The summed E-state index contributed by atoms with van der Waals surface area (Å²) in [5.74, 6) is 0.645. The minimum atomic E-state index is -0.115. The van der Waals surface area contributed by atoms with Gasteiger partial charge in [0.1, 0.15) is 16.7 Å². The summed E-state index contributed by atoms with van der Waals surface area (Å²) in [7, 11) is 1.62. The molecular weight excluding hydrogens is 378 g/mol. The Hall–Kier alpha value is -3.58. The van der Waals surface area contributed by atoms with Crippen LogP contribution in [-0.2, 0) is 17.8 Å². The molecule has 3 aromatic heterocycles. The summed E-state index contributed by atoms with van der Waals surface area (Å²) in [5.41, 5.74) is 4.40. The molecule has 0 aliphatic heterocycles. The number of methoxy groups -OCH3 is 1. The topological polar surface area (TPSA) is 74.8 Å². The van der Waals surface area contributed by atoms with Gasteiger partial charge in [0, 0.05) is 7.11 Å². The van der Waals surface area contributed by atoms with E-state index in [1.165, 1.54) is 0 Å². The van der Waals surface area contributed by atoms with Crippen molar-refractivity contribution >= 4 is 33.2 Å². The summed E-state index contributed by atoms with van der Waals surface area (Å²) in [6.07, 6.45) is 0. The molecular formula is C23H21N5O2. The largest absolute Gasteiger partial charge is 0.383 e. The number of hydrogen-bond acceptors (Lipinski definition) is 5. The van der Waals surface area contributed by atoms with E-state index >= 15 is 0 Å². The van der Waals surface area contributed by atoms with Crippen LogP contribution < -0.4 is 5.56 Å². The third-order valence-corrected chi connectivity index (χ3v) is 5.34. The number of para-hydroxylation sites is 2. The Labute approximate surface area is 172 Å². The van der Waals surface area contributed by atoms with E-state index in [0.29, 0.717) is 47.7 Å². The van der Waals surface area contributed by atoms with Crippen molar-refractivity contribution < 1.29 is 4.74 Å². The molecule has 150 valence electrons. The van der Waals surface area contributed by atoms with Gasteiger partial charge in [0.15, 0.2) is 11.3 Å². The van der Waals surface area contributed by atoms with E-state index in [9.17, 15) is 4.79 Å². The van der Waals surface area contributed by atoms with Gasteiger partial charge in [0.05, 0.1) is 30.7 Å². The second-order valence-corrected chi connectivity index (χ2v) is 7.26. The van der Waals surface area contributed by atoms with Crippen LogP contribution in [0.2, 0.25) is 0 Å². The second-order valence-electron chi connectivity index (χ2n) is 7.26. The molecule has 0 fully saturated rings. The summed E-state index contributed by atoms with van der Waals surface area (Å²) in [4.78, 5) is 27.9. The van der Waals surface area contributed by atoms with Gasteiger partial charge in [-0.05, 0) is 24.6 Å². The molecule has 5 rings (SSSR count). The van der Waals surface area contributed by atoms with Crippen LogP contribution in [-0.4, -0.2) is 37.8 Å². The number of hydrogen-bond donors (Lipinski definition) is 0. The minimum Gasteiger partial charge on any atom is -0.383 e. The highest BCUT2D eigenvalue weighted by atomic mass is 16.5. The first-order valence-corrected chi connectivity index (χ1v) is 9.86. The maximum Gasteiger partial charge on any atom is 0.265 e. The van der Waals surface area contributed by atoms with Gasteiger partial charge in [-0.1, -0.05) is 42.5 Å². The Balaban J connectivity index is 1.87. The van der Waals surface area contributed by atoms with Gasteiger partial charge in [-0.2, -0.15) is 0 Å². The van der Waals surface area contributed by atoms with E-state index in [1.54, 1.807) is 11.7 Å². The summed E-state index contributed by atoms with van der Waals surface area (Å²) >= 11 is 0. The predicted molar refractivity (Wildman–Crippen MR) is 117 cm³/mol. The van der Waals surface area contributed by atoms with Crippen LogP contribution in [0.25, 0.3) is 33.2 Å². The summed E-state index contributed by atoms with van der Waals surface area (Å²) < 4.78 is 8.82. The highest BCUT2D eigenvalue weighted by Crippen LogP contribution is 2.26. The first kappa shape index (κ1) is 18.4. The predicted octanol–water partition coefficient (Wildman–Crippen LogP) is 3.30. The first-order valence-electron chi connectivity index (χ1n) is 9.86. The molecule has 0 unspecified atom stereocenters. The molecule has 0 bridgehead atoms. The van der Waals surface area contributed by atoms with E-state index < -0.39 is 0 Å². The quantitative estimate of drug-likeness (QED) is 0.453. The number of nitrogens with zero attached hydrogens (tertiary/aromatic N) is 5. The highest BCUT2D eigenvalue weighted by Gasteiger charge is 2.21. The van der Waals surface area contributed by atoms with Gasteiger partial charge >= 0.3 is 0 Å². The third kappa shape index (κ3) is 2.95. The Kier molecular flexibility index (Phi) is 4.52. The zero-order valence-corrected chi connectivity index (χ0v) is 16.9. The Morgan fingerprint density at radius 1 is 0.867 bits per heavy atom. The van der Waals surface area contributed by atoms with Crippen molar-refractivity contribution in [2.75, 3.05) is 13.7 Å². The third-order valence-electron chi connectivity index (χ3n) is 5.34. The monoisotopic (exact) mass is 399 g/mol. The molecule has 0 aliphatic carbocycles. The molecule has 0 saturated heterocycles. The fourth-order valence-electron chi connectivity index (χ4n) is 3.86. The zero-order valence-electron chi connectivity index (χ0n) is 16.9. The maximum atomic E-state index is 13.5. The molecule has 0 amide bonds. The molecule has 7 heteroatoms. The molecule has 0 saturated carbocycles. The number of benzene rings is 2. The van der Waals surface area contributed by atoms with E-state index in [0.717, 1.165) is 16.6 Å². The van der Waals surface area contributed by atoms with E-state index in [1.807, 2.05) is 54.0 Å². The molecule has 0 atom stereocenters. The van der Waals surface area contributed by atoms with Crippen LogP contribution in [0.5, 0.6) is 0 Å². The number of ether oxygens (including phenoxy) is 1. The molecule has 5 aromatic rings. The van der Waals surface area contributed by atoms with Crippen LogP contribution in [0.15, 0.2) is 59.4 Å². The lowest BCUT2D eigenvalue weighted by molar-refractivity contribution is 0.185. The van der Waals surface area contributed by atoms with E-state index in [4.69, 9.17) is 19.7 Å². The van der Waals surface area contributed by atoms with Gasteiger partial charge < -0.3 is 9.30 Å². The smallest absolute Gasteiger partial charge is 0.265 e. The fraction of sp³-hybridized carbons (Fsp3) is 0.217. The standard InChI is InChI=1S/C23H21N5O2/c1-15-24-21-19(23(29)27(15)12-13-30-2)20-22(26-18-11-7-6-10-17(18)25-20)28(21)14-16-8-4-3-5-9-16/h3-11H,12-14H2,1-2H3. The fourth-order valence-corrected chi connectivity index (χ4v) is 3.86. The lowest BCUT2D eigenvalue weighted by Gasteiger charge is -2.10. The zero-order chi connectivity index (χ0) is 20.7. The first-order chi connectivity index (χ1) is 14.7. The summed E-state index contributed by atoms with van der Waals surface area (Å²) in [6.45, 7) is 3.28. The van der Waals surface area contributed by atoms with Crippen LogP contribution >= 0.6 is 0 Å². The van der Waals surface area contributed by atoms with Gasteiger partial charge in [-0.3, -0.25) is 9.36 Å². The lowest BCUT2D eigenvalue weighted by atomic mass is 10.2. The number of fused-ring (bicyclic) bond motifs is 4. The minimum absolute atomic E-state index is 0.115. The van der Waals surface area contributed by atoms with Crippen LogP contribution in [0.1, 0.15) is 11.4 Å². The van der Waals surface area contributed by atoms with Crippen molar-refractivity contribution in [3.05, 3.63) is 76.3 Å². The van der Waals surface area contributed by atoms with Crippen molar-refractivity contribution in [3.63, 3.8) is 0 Å². The lowest BCUT2D eigenvalue weighted by Crippen LogP contribution is -2.26. The van der Waals surface area contributed by atoms with E-state index in [-0.39, 0.29) is 5.56 Å². The normalized spacial score (nSPS) is 11.7. The average Bonchev–Trinajstić information content (AvgIpc) is 3.05. The van der Waals surface area contributed by atoms with Gasteiger partial charge in [-0.15, -0.1) is 0 Å². The SMILES string of the molecule is COCCn1c(C)nc2c(c1=O)c1nc3ccccc3nc1n2Cc1ccccc1. The molecule has 2 aromatic carbocycles. The van der Waals surface area contributed by atoms with Gasteiger partial charge in [0.2, 0.25) is 0 Å². The molecule has 0 spiro atoms. The van der Waals surface area contributed by atoms with Crippen LogP contribution in [0, 0.1) is 6.92 Å². The van der Waals surface area contributed by atoms with Crippen molar-refractivity contribution in [1.29, 1.82) is 0 Å². The van der Waals surface area contributed by atoms with Crippen molar-refractivity contribution in [2.24, 2.45) is 0 Å². The van der Waals surface area contributed by atoms with Crippen molar-refractivity contribution in [3.8, 4) is 0 Å². The number of aryl methyl sites for hydroxylation is 1. The second kappa shape index (κ2) is 7.35. The highest BCUT2D eigenvalue weighted by molar-refractivity contribution is 6.04. The van der Waals surface area contributed by atoms with Gasteiger partial charge in [0.25, 0.3) is 5.56 Å². The molecule has 0 N–H and O–H groups in total. The van der Waals surface area contributed by atoms with Crippen molar-refractivity contribution in [1.82, 2.24) is 24.1 Å². The van der Waals surface area contributed by atoms with Crippen LogP contribution in [0.4, 0.5) is 0 Å². The average molecular weight is 399 g/mol. The summed E-state index contributed by atoms with van der Waals surface area (Å²) in [5, 5.41) is 0.501. The molecule has 3 heterocycles. The van der Waals surface area contributed by atoms with Crippen molar-refractivity contribution in [2.45, 2.75) is 20.0 Å². The molecule has 0 aliphatic rings. The van der Waals surface area contributed by atoms with Crippen LogP contribution in [0.3, 0.4) is 0 Å². The maximum absolute atomic E-state index is 13.5. The Morgan fingerprint density at radius 3 is 2.30 bits per heavy atom. The molecule has 0 radical (unpaired) electrons. The Bertz CT molecular complexity index is 1440. The summed E-state index contributed by atoms with van der Waals surface area (Å²) in [6, 6.07) is 17.8. The molecule has 30 heavy (non-hydrogen) atoms. The molecule has 7 nitrogen and oxygen atoms in total.